The van der Waals surface area contributed by atoms with Gasteiger partial charge in [-0.25, -0.2) is 0 Å². The molecule has 0 saturated heterocycles. The number of nitrogens with two attached hydrogens (primary N) is 1. The summed E-state index contributed by atoms with van der Waals surface area (Å²) in [7, 11) is 0. The van der Waals surface area contributed by atoms with Crippen LogP contribution in [-0.2, 0) is 6.42 Å². The van der Waals surface area contributed by atoms with Crippen LogP contribution in [0.2, 0.25) is 0 Å². The quantitative estimate of drug-likeness (QED) is 0.840. The molecule has 0 radical (unpaired) electrons. The van der Waals surface area contributed by atoms with Crippen LogP contribution in [0.3, 0.4) is 0 Å². The Labute approximate surface area is 111 Å². The average Bonchev–Trinajstić information content (AvgIpc) is 2.26. The van der Waals surface area contributed by atoms with E-state index >= 15 is 0 Å². The van der Waals surface area contributed by atoms with Gasteiger partial charge in [-0.1, -0.05) is 12.1 Å². The molecule has 1 unspecified atom stereocenters. The molecule has 8 heteroatoms. The minimum absolute atomic E-state index is 0.155. The standard InChI is InChI=1S/C12H13F6NO/c13-11(14,15)6-5-9(19)7-8-1-3-10(4-2-8)20-12(16,17)18/h1-4,9H,5-7,19H2. The second-order valence-electron chi connectivity index (χ2n) is 4.31. The average molecular weight is 301 g/mol. The lowest BCUT2D eigenvalue weighted by Gasteiger charge is -2.14. The van der Waals surface area contributed by atoms with Gasteiger partial charge in [-0.05, 0) is 30.5 Å². The normalized spacial score (nSPS) is 14.2. The molecule has 1 atom stereocenters. The van der Waals surface area contributed by atoms with Crippen molar-refractivity contribution in [2.24, 2.45) is 5.73 Å². The van der Waals surface area contributed by atoms with E-state index in [2.05, 4.69) is 4.74 Å². The van der Waals surface area contributed by atoms with Crippen molar-refractivity contribution in [3.8, 4) is 5.75 Å². The molecule has 2 nitrogen and oxygen atoms in total. The molecular formula is C12H13F6NO. The first-order valence-electron chi connectivity index (χ1n) is 5.72. The molecule has 0 spiro atoms. The third-order valence-corrected chi connectivity index (χ3v) is 2.45. The molecule has 0 saturated carbocycles. The lowest BCUT2D eigenvalue weighted by atomic mass is 10.0. The molecule has 1 aromatic rings. The monoisotopic (exact) mass is 301 g/mol. The van der Waals surface area contributed by atoms with Crippen LogP contribution in [0, 0.1) is 0 Å². The summed E-state index contributed by atoms with van der Waals surface area (Å²) in [5.41, 5.74) is 6.09. The van der Waals surface area contributed by atoms with Gasteiger partial charge in [-0.15, -0.1) is 13.2 Å². The maximum atomic E-state index is 12.0. The lowest BCUT2D eigenvalue weighted by molar-refractivity contribution is -0.274. The van der Waals surface area contributed by atoms with E-state index < -0.39 is 25.0 Å². The van der Waals surface area contributed by atoms with Crippen molar-refractivity contribution in [2.45, 2.75) is 37.8 Å². The smallest absolute Gasteiger partial charge is 0.406 e. The zero-order chi connectivity index (χ0) is 15.4. The van der Waals surface area contributed by atoms with E-state index in [9.17, 15) is 26.3 Å². The van der Waals surface area contributed by atoms with Crippen LogP contribution in [0.25, 0.3) is 0 Å². The van der Waals surface area contributed by atoms with Gasteiger partial charge in [-0.2, -0.15) is 13.2 Å². The number of alkyl halides is 6. The molecule has 2 N–H and O–H groups in total. The maximum absolute atomic E-state index is 12.0. The van der Waals surface area contributed by atoms with Crippen LogP contribution >= 0.6 is 0 Å². The molecule has 0 aliphatic carbocycles. The summed E-state index contributed by atoms with van der Waals surface area (Å²) in [6.07, 6.45) is -10.1. The van der Waals surface area contributed by atoms with Crippen molar-refractivity contribution >= 4 is 0 Å². The molecule has 0 aliphatic heterocycles. The highest BCUT2D eigenvalue weighted by atomic mass is 19.4. The number of halogens is 6. The van der Waals surface area contributed by atoms with E-state index in [0.29, 0.717) is 5.56 Å². The molecule has 20 heavy (non-hydrogen) atoms. The number of hydrogen-bond donors (Lipinski definition) is 1. The Bertz CT molecular complexity index is 411. The molecule has 0 bridgehead atoms. The summed E-state index contributed by atoms with van der Waals surface area (Å²) in [6.45, 7) is 0. The zero-order valence-corrected chi connectivity index (χ0v) is 10.3. The van der Waals surface area contributed by atoms with E-state index in [0.717, 1.165) is 12.1 Å². The van der Waals surface area contributed by atoms with Crippen molar-refractivity contribution < 1.29 is 31.1 Å². The molecular weight excluding hydrogens is 288 g/mol. The Morgan fingerprint density at radius 1 is 1.00 bits per heavy atom. The first-order valence-corrected chi connectivity index (χ1v) is 5.72. The van der Waals surface area contributed by atoms with Crippen LogP contribution < -0.4 is 10.5 Å². The van der Waals surface area contributed by atoms with E-state index in [1.165, 1.54) is 12.1 Å². The van der Waals surface area contributed by atoms with Crippen molar-refractivity contribution in [1.29, 1.82) is 0 Å². The Balaban J connectivity index is 2.49. The van der Waals surface area contributed by atoms with Gasteiger partial charge >= 0.3 is 12.5 Å². The summed E-state index contributed by atoms with van der Waals surface area (Å²) in [5, 5.41) is 0. The lowest BCUT2D eigenvalue weighted by Crippen LogP contribution is -2.25. The Morgan fingerprint density at radius 3 is 2.00 bits per heavy atom. The van der Waals surface area contributed by atoms with Gasteiger partial charge in [0.05, 0.1) is 0 Å². The van der Waals surface area contributed by atoms with Gasteiger partial charge in [0, 0.05) is 12.5 Å². The molecule has 0 aromatic heterocycles. The van der Waals surface area contributed by atoms with Crippen molar-refractivity contribution in [1.82, 2.24) is 0 Å². The molecule has 0 aliphatic rings. The Kier molecular flexibility index (Phi) is 5.27. The van der Waals surface area contributed by atoms with Crippen LogP contribution in [0.4, 0.5) is 26.3 Å². The highest BCUT2D eigenvalue weighted by Gasteiger charge is 2.31. The van der Waals surface area contributed by atoms with Gasteiger partial charge in [0.15, 0.2) is 0 Å². The van der Waals surface area contributed by atoms with Crippen molar-refractivity contribution in [2.75, 3.05) is 0 Å². The predicted octanol–water partition coefficient (Wildman–Crippen LogP) is 3.80. The van der Waals surface area contributed by atoms with Gasteiger partial charge in [0.25, 0.3) is 0 Å². The predicted molar refractivity (Wildman–Crippen MR) is 60.1 cm³/mol. The topological polar surface area (TPSA) is 35.2 Å². The maximum Gasteiger partial charge on any atom is 0.573 e. The highest BCUT2D eigenvalue weighted by Crippen LogP contribution is 2.24. The van der Waals surface area contributed by atoms with Gasteiger partial charge < -0.3 is 10.5 Å². The largest absolute Gasteiger partial charge is 0.573 e. The molecule has 0 amide bonds. The second kappa shape index (κ2) is 6.34. The third-order valence-electron chi connectivity index (χ3n) is 2.45. The number of ether oxygens (including phenoxy) is 1. The van der Waals surface area contributed by atoms with Crippen LogP contribution in [0.1, 0.15) is 18.4 Å². The van der Waals surface area contributed by atoms with Gasteiger partial charge in [0.2, 0.25) is 0 Å². The summed E-state index contributed by atoms with van der Waals surface area (Å²) >= 11 is 0. The van der Waals surface area contributed by atoms with Crippen LogP contribution in [0.15, 0.2) is 24.3 Å². The fraction of sp³-hybridized carbons (Fsp3) is 0.500. The number of hydrogen-bond acceptors (Lipinski definition) is 2. The molecule has 0 heterocycles. The highest BCUT2D eigenvalue weighted by molar-refractivity contribution is 5.27. The fourth-order valence-electron chi connectivity index (χ4n) is 1.58. The minimum atomic E-state index is -4.77. The summed E-state index contributed by atoms with van der Waals surface area (Å²) in [5.74, 6) is -0.384. The van der Waals surface area contributed by atoms with Crippen molar-refractivity contribution in [3.05, 3.63) is 29.8 Å². The van der Waals surface area contributed by atoms with Gasteiger partial charge in [0.1, 0.15) is 5.75 Å². The third kappa shape index (κ3) is 7.22. The second-order valence-corrected chi connectivity index (χ2v) is 4.31. The van der Waals surface area contributed by atoms with Gasteiger partial charge in [-0.3, -0.25) is 0 Å². The Hall–Kier alpha value is -1.44. The zero-order valence-electron chi connectivity index (χ0n) is 10.3. The number of benzene rings is 1. The van der Waals surface area contributed by atoms with E-state index in [4.69, 9.17) is 5.73 Å². The van der Waals surface area contributed by atoms with Crippen LogP contribution in [0.5, 0.6) is 5.75 Å². The molecule has 0 fully saturated rings. The summed E-state index contributed by atoms with van der Waals surface area (Å²) < 4.78 is 75.4. The summed E-state index contributed by atoms with van der Waals surface area (Å²) in [4.78, 5) is 0. The van der Waals surface area contributed by atoms with Crippen LogP contribution in [-0.4, -0.2) is 18.6 Å². The summed E-state index contributed by atoms with van der Waals surface area (Å²) in [6, 6.07) is 4.17. The first-order chi connectivity index (χ1) is 9.05. The molecule has 1 rings (SSSR count). The molecule has 114 valence electrons. The van der Waals surface area contributed by atoms with E-state index in [1.54, 1.807) is 0 Å². The SMILES string of the molecule is NC(CCC(F)(F)F)Cc1ccc(OC(F)(F)F)cc1. The minimum Gasteiger partial charge on any atom is -0.406 e. The first kappa shape index (κ1) is 16.6. The van der Waals surface area contributed by atoms with E-state index in [-0.39, 0.29) is 18.6 Å². The fourth-order valence-corrected chi connectivity index (χ4v) is 1.58. The van der Waals surface area contributed by atoms with E-state index in [1.807, 2.05) is 0 Å². The van der Waals surface area contributed by atoms with Crippen molar-refractivity contribution in [3.63, 3.8) is 0 Å². The Morgan fingerprint density at radius 2 is 1.55 bits per heavy atom. The number of rotatable bonds is 5. The molecule has 1 aromatic carbocycles.